The zero-order valence-corrected chi connectivity index (χ0v) is 31.0. The van der Waals surface area contributed by atoms with Crippen LogP contribution < -0.4 is 42.6 Å². The molecular formula is C49H40B2N2. The van der Waals surface area contributed by atoms with Crippen LogP contribution in [0.2, 0.25) is 0 Å². The first-order valence-electron chi connectivity index (χ1n) is 19.2. The maximum Gasteiger partial charge on any atom is 0.248 e. The predicted octanol–water partition coefficient (Wildman–Crippen LogP) is 8.67. The molecule has 0 amide bonds. The molecule has 4 heteroatoms. The Balaban J connectivity index is 1.23. The molecule has 7 aromatic rings. The Morgan fingerprint density at radius 1 is 0.434 bits per heavy atom. The van der Waals surface area contributed by atoms with Gasteiger partial charge in [-0.2, -0.15) is 0 Å². The van der Waals surface area contributed by atoms with Gasteiger partial charge in [0.2, 0.25) is 13.4 Å². The molecule has 0 N–H and O–H groups in total. The van der Waals surface area contributed by atoms with E-state index in [2.05, 4.69) is 190 Å². The largest absolute Gasteiger partial charge is 0.312 e. The first-order valence-corrected chi connectivity index (χ1v) is 19.2. The van der Waals surface area contributed by atoms with Crippen molar-refractivity contribution in [2.24, 2.45) is 0 Å². The summed E-state index contributed by atoms with van der Waals surface area (Å²) in [5.41, 5.74) is 24.2. The quantitative estimate of drug-likeness (QED) is 0.173. The van der Waals surface area contributed by atoms with E-state index in [1.807, 2.05) is 0 Å². The predicted molar refractivity (Wildman–Crippen MR) is 229 cm³/mol. The lowest BCUT2D eigenvalue weighted by molar-refractivity contribution is 0.590. The van der Waals surface area contributed by atoms with Crippen molar-refractivity contribution in [1.29, 1.82) is 0 Å². The van der Waals surface area contributed by atoms with Crippen molar-refractivity contribution in [1.82, 2.24) is 0 Å². The third-order valence-electron chi connectivity index (χ3n) is 12.4. The molecule has 0 unspecified atom stereocenters. The monoisotopic (exact) mass is 678 g/mol. The number of fused-ring (bicyclic) bond motifs is 10. The third kappa shape index (κ3) is 4.24. The second-order valence-corrected chi connectivity index (χ2v) is 16.7. The molecule has 4 aliphatic rings. The maximum atomic E-state index is 2.57. The second-order valence-electron chi connectivity index (χ2n) is 16.7. The van der Waals surface area contributed by atoms with E-state index in [9.17, 15) is 0 Å². The molecule has 0 spiro atoms. The number of hydrogen-bond donors (Lipinski definition) is 0. The Labute approximate surface area is 313 Å². The van der Waals surface area contributed by atoms with Crippen LogP contribution in [0.3, 0.4) is 0 Å². The minimum Gasteiger partial charge on any atom is -0.312 e. The molecule has 7 aromatic carbocycles. The van der Waals surface area contributed by atoms with Crippen LogP contribution in [0, 0.1) is 0 Å². The SMILES string of the molecule is CC(C)c1ccc2c(c1)-c1cccc3c1B2c1cc2c(cc1N3c1ccccc1)B1c3ccccc3-c3cccc(c31)N2c1ccc(C(C)(C)C)cc1. The van der Waals surface area contributed by atoms with Crippen LogP contribution in [0.4, 0.5) is 34.1 Å². The van der Waals surface area contributed by atoms with E-state index in [4.69, 9.17) is 0 Å². The number of anilines is 6. The van der Waals surface area contributed by atoms with Gasteiger partial charge >= 0.3 is 0 Å². The first-order chi connectivity index (χ1) is 25.8. The molecule has 0 fully saturated rings. The van der Waals surface area contributed by atoms with Crippen molar-refractivity contribution < 1.29 is 0 Å². The lowest BCUT2D eigenvalue weighted by atomic mass is 9.34. The van der Waals surface area contributed by atoms with Gasteiger partial charge in [-0.15, -0.1) is 0 Å². The molecule has 4 aliphatic heterocycles. The molecule has 4 heterocycles. The highest BCUT2D eigenvalue weighted by atomic mass is 15.2. The number of hydrogen-bond acceptors (Lipinski definition) is 2. The van der Waals surface area contributed by atoms with Crippen molar-refractivity contribution in [3.8, 4) is 22.3 Å². The molecule has 0 aromatic heterocycles. The molecule has 0 radical (unpaired) electrons. The fourth-order valence-corrected chi connectivity index (χ4v) is 9.90. The van der Waals surface area contributed by atoms with Gasteiger partial charge in [-0.25, -0.2) is 0 Å². The third-order valence-corrected chi connectivity index (χ3v) is 12.4. The van der Waals surface area contributed by atoms with Crippen LogP contribution in [0.5, 0.6) is 0 Å². The highest BCUT2D eigenvalue weighted by Crippen LogP contribution is 2.45. The molecule has 0 bridgehead atoms. The Morgan fingerprint density at radius 2 is 0.962 bits per heavy atom. The molecule has 0 saturated carbocycles. The van der Waals surface area contributed by atoms with Crippen LogP contribution in [-0.4, -0.2) is 13.4 Å². The van der Waals surface area contributed by atoms with Gasteiger partial charge < -0.3 is 9.80 Å². The van der Waals surface area contributed by atoms with Crippen molar-refractivity contribution in [3.63, 3.8) is 0 Å². The van der Waals surface area contributed by atoms with Gasteiger partial charge in [0.05, 0.1) is 0 Å². The minimum absolute atomic E-state index is 0.0788. The first kappa shape index (κ1) is 30.9. The Kier molecular flexibility index (Phi) is 6.35. The van der Waals surface area contributed by atoms with Crippen molar-refractivity contribution >= 4 is 80.3 Å². The fraction of sp³-hybridized carbons (Fsp3) is 0.143. The molecule has 11 rings (SSSR count). The van der Waals surface area contributed by atoms with E-state index in [-0.39, 0.29) is 18.8 Å². The van der Waals surface area contributed by atoms with Gasteiger partial charge in [0.15, 0.2) is 0 Å². The summed E-state index contributed by atoms with van der Waals surface area (Å²) in [5.74, 6) is 0.466. The van der Waals surface area contributed by atoms with Crippen LogP contribution in [-0.2, 0) is 5.41 Å². The van der Waals surface area contributed by atoms with Crippen LogP contribution in [0.25, 0.3) is 22.3 Å². The summed E-state index contributed by atoms with van der Waals surface area (Å²) in [4.78, 5) is 5.11. The topological polar surface area (TPSA) is 6.48 Å². The van der Waals surface area contributed by atoms with Crippen molar-refractivity contribution in [2.75, 3.05) is 9.80 Å². The summed E-state index contributed by atoms with van der Waals surface area (Å²) < 4.78 is 0. The van der Waals surface area contributed by atoms with Crippen LogP contribution in [0.1, 0.15) is 51.7 Å². The Bertz CT molecular complexity index is 2650. The minimum atomic E-state index is 0.0788. The van der Waals surface area contributed by atoms with E-state index in [1.54, 1.807) is 0 Å². The summed E-state index contributed by atoms with van der Waals surface area (Å²) in [6.07, 6.45) is 0. The van der Waals surface area contributed by atoms with Gasteiger partial charge in [0.1, 0.15) is 0 Å². The fourth-order valence-electron chi connectivity index (χ4n) is 9.90. The van der Waals surface area contributed by atoms with Gasteiger partial charge in [0, 0.05) is 34.1 Å². The molecule has 53 heavy (non-hydrogen) atoms. The summed E-state index contributed by atoms with van der Waals surface area (Å²) in [6.45, 7) is 11.8. The molecule has 0 aliphatic carbocycles. The van der Waals surface area contributed by atoms with Gasteiger partial charge in [-0.1, -0.05) is 143 Å². The number of benzene rings is 7. The Hall–Kier alpha value is -5.73. The number of para-hydroxylation sites is 1. The molecular weight excluding hydrogens is 638 g/mol. The van der Waals surface area contributed by atoms with Crippen molar-refractivity contribution in [3.05, 3.63) is 157 Å². The molecule has 252 valence electrons. The van der Waals surface area contributed by atoms with Crippen LogP contribution >= 0.6 is 0 Å². The van der Waals surface area contributed by atoms with Gasteiger partial charge in [0.25, 0.3) is 0 Å². The lowest BCUT2D eigenvalue weighted by Gasteiger charge is -2.41. The van der Waals surface area contributed by atoms with E-state index in [0.29, 0.717) is 5.92 Å². The maximum absolute atomic E-state index is 2.57. The smallest absolute Gasteiger partial charge is 0.248 e. The zero-order chi connectivity index (χ0) is 35.7. The standard InChI is InChI=1S/C49H40B2N2/c1-30(2)31-21-26-40-38(27-31)37-17-12-20-44-48(37)51(40)42-29-46-41(28-45(42)52(44)33-13-7-6-8-14-33)50-39-18-10-9-15-35(39)36-16-11-19-43(47(36)50)53(46)34-24-22-32(23-25-34)49(3,4)5/h6-30H,1-5H3. The summed E-state index contributed by atoms with van der Waals surface area (Å²) in [5, 5.41) is 0. The van der Waals surface area contributed by atoms with E-state index in [0.717, 1.165) is 0 Å². The Morgan fingerprint density at radius 3 is 1.57 bits per heavy atom. The molecule has 2 nitrogen and oxygen atoms in total. The average Bonchev–Trinajstić information content (AvgIpc) is 3.69. The highest BCUT2D eigenvalue weighted by Gasteiger charge is 2.47. The van der Waals surface area contributed by atoms with E-state index < -0.39 is 0 Å². The summed E-state index contributed by atoms with van der Waals surface area (Å²) >= 11 is 0. The summed E-state index contributed by atoms with van der Waals surface area (Å²) in [6, 6.07) is 55.7. The molecule has 0 saturated heterocycles. The molecule has 0 atom stereocenters. The van der Waals surface area contributed by atoms with E-state index >= 15 is 0 Å². The van der Waals surface area contributed by atoms with Crippen molar-refractivity contribution in [2.45, 2.75) is 46.0 Å². The lowest BCUT2D eigenvalue weighted by Crippen LogP contribution is -2.58. The normalized spacial score (nSPS) is 14.2. The zero-order valence-electron chi connectivity index (χ0n) is 31.0. The highest BCUT2D eigenvalue weighted by molar-refractivity contribution is 7.03. The second kappa shape index (κ2) is 10.9. The van der Waals surface area contributed by atoms with Gasteiger partial charge in [-0.05, 0) is 115 Å². The summed E-state index contributed by atoms with van der Waals surface area (Å²) in [7, 11) is 0. The van der Waals surface area contributed by atoms with E-state index in [1.165, 1.54) is 100 Å². The number of rotatable bonds is 3. The number of nitrogens with zero attached hydrogens (tertiary/aromatic N) is 2. The van der Waals surface area contributed by atoms with Crippen LogP contribution in [0.15, 0.2) is 146 Å². The van der Waals surface area contributed by atoms with Gasteiger partial charge in [-0.3, -0.25) is 0 Å². The average molecular weight is 678 g/mol.